The second-order valence-corrected chi connectivity index (χ2v) is 7.77. The second kappa shape index (κ2) is 8.51. The maximum Gasteiger partial charge on any atom is 0.337 e. The monoisotopic (exact) mass is 420 g/mol. The maximum atomic E-state index is 13.2. The van der Waals surface area contributed by atoms with Crippen molar-refractivity contribution in [2.24, 2.45) is 0 Å². The Bertz CT molecular complexity index is 1240. The minimum atomic E-state index is -1.12. The molecule has 0 atom stereocenters. The highest BCUT2D eigenvalue weighted by molar-refractivity contribution is 7.17. The van der Waals surface area contributed by atoms with E-state index in [0.717, 1.165) is 16.9 Å². The molecule has 4 aromatic rings. The van der Waals surface area contributed by atoms with Crippen LogP contribution in [0.5, 0.6) is 5.75 Å². The van der Waals surface area contributed by atoms with Crippen molar-refractivity contribution in [2.45, 2.75) is 19.9 Å². The second-order valence-electron chi connectivity index (χ2n) is 6.91. The van der Waals surface area contributed by atoms with Crippen LogP contribution in [0.2, 0.25) is 0 Å². The summed E-state index contributed by atoms with van der Waals surface area (Å²) in [7, 11) is 0. The molecule has 2 heterocycles. The number of hydrogen-bond acceptors (Lipinski definition) is 5. The smallest absolute Gasteiger partial charge is 0.337 e. The highest BCUT2D eigenvalue weighted by Crippen LogP contribution is 2.25. The highest BCUT2D eigenvalue weighted by atomic mass is 32.1. The molecule has 0 saturated carbocycles. The van der Waals surface area contributed by atoms with E-state index in [1.807, 2.05) is 61.5 Å². The van der Waals surface area contributed by atoms with Crippen molar-refractivity contribution >= 4 is 27.5 Å². The fraction of sp³-hybridized carbons (Fsp3) is 0.174. The molecule has 30 heavy (non-hydrogen) atoms. The number of fused-ring (bicyclic) bond motifs is 1. The summed E-state index contributed by atoms with van der Waals surface area (Å²) in [5, 5.41) is 11.1. The molecule has 6 nitrogen and oxygen atoms in total. The molecule has 0 aliphatic heterocycles. The number of aromatic nitrogens is 2. The van der Waals surface area contributed by atoms with Gasteiger partial charge in [-0.2, -0.15) is 0 Å². The van der Waals surface area contributed by atoms with Crippen molar-refractivity contribution in [3.8, 4) is 17.1 Å². The maximum absolute atomic E-state index is 13.2. The fourth-order valence-corrected chi connectivity index (χ4v) is 4.15. The van der Waals surface area contributed by atoms with Crippen LogP contribution in [0, 0.1) is 6.92 Å². The van der Waals surface area contributed by atoms with Gasteiger partial charge in [0.15, 0.2) is 0 Å². The number of benzene rings is 2. The van der Waals surface area contributed by atoms with Crippen LogP contribution >= 0.6 is 11.3 Å². The Labute approximate surface area is 177 Å². The summed E-state index contributed by atoms with van der Waals surface area (Å²) >= 11 is 1.17. The first-order chi connectivity index (χ1) is 14.5. The first-order valence-corrected chi connectivity index (χ1v) is 10.4. The van der Waals surface area contributed by atoms with Gasteiger partial charge in [0.2, 0.25) is 0 Å². The van der Waals surface area contributed by atoms with Gasteiger partial charge in [-0.3, -0.25) is 9.36 Å². The topological polar surface area (TPSA) is 81.4 Å². The molecule has 0 aliphatic carbocycles. The van der Waals surface area contributed by atoms with Crippen LogP contribution in [0.1, 0.15) is 22.3 Å². The van der Waals surface area contributed by atoms with Crippen molar-refractivity contribution in [3.63, 3.8) is 0 Å². The van der Waals surface area contributed by atoms with E-state index in [9.17, 15) is 14.7 Å². The van der Waals surface area contributed by atoms with Crippen LogP contribution in [0.4, 0.5) is 0 Å². The van der Waals surface area contributed by atoms with Gasteiger partial charge in [0.05, 0.1) is 17.6 Å². The molecule has 0 unspecified atom stereocenters. The van der Waals surface area contributed by atoms with E-state index < -0.39 is 5.97 Å². The summed E-state index contributed by atoms with van der Waals surface area (Å²) in [6.07, 6.45) is 0.577. The van der Waals surface area contributed by atoms with Crippen molar-refractivity contribution in [1.29, 1.82) is 0 Å². The van der Waals surface area contributed by atoms with E-state index in [0.29, 0.717) is 30.2 Å². The molecule has 7 heteroatoms. The Morgan fingerprint density at radius 2 is 1.87 bits per heavy atom. The SMILES string of the molecule is Cc1ccc(OCCCn2c(-c3ccccc3)nc3scc(C(=O)O)c3c2=O)cc1. The summed E-state index contributed by atoms with van der Waals surface area (Å²) in [4.78, 5) is 29.8. The third-order valence-electron chi connectivity index (χ3n) is 4.77. The van der Waals surface area contributed by atoms with Gasteiger partial charge < -0.3 is 9.84 Å². The average molecular weight is 420 g/mol. The first kappa shape index (κ1) is 19.8. The van der Waals surface area contributed by atoms with E-state index in [1.54, 1.807) is 4.57 Å². The number of aromatic carboxylic acids is 1. The normalized spacial score (nSPS) is 11.0. The van der Waals surface area contributed by atoms with Gasteiger partial charge >= 0.3 is 5.97 Å². The predicted molar refractivity (Wildman–Crippen MR) is 118 cm³/mol. The van der Waals surface area contributed by atoms with Gasteiger partial charge in [0.1, 0.15) is 16.4 Å². The molecule has 2 aromatic carbocycles. The lowest BCUT2D eigenvalue weighted by Crippen LogP contribution is -2.25. The molecule has 0 saturated heterocycles. The van der Waals surface area contributed by atoms with Crippen LogP contribution in [0.15, 0.2) is 64.8 Å². The molecule has 0 amide bonds. The summed E-state index contributed by atoms with van der Waals surface area (Å²) < 4.78 is 7.33. The van der Waals surface area contributed by atoms with Crippen molar-refractivity contribution < 1.29 is 14.6 Å². The number of carbonyl (C=O) groups is 1. The number of carboxylic acid groups (broad SMARTS) is 1. The van der Waals surface area contributed by atoms with Gasteiger partial charge in [-0.1, -0.05) is 48.0 Å². The number of thiophene rings is 1. The van der Waals surface area contributed by atoms with E-state index in [1.165, 1.54) is 16.7 Å². The Kier molecular flexibility index (Phi) is 5.63. The van der Waals surface area contributed by atoms with Gasteiger partial charge in [-0.05, 0) is 25.5 Å². The quantitative estimate of drug-likeness (QED) is 0.442. The number of hydrogen-bond donors (Lipinski definition) is 1. The van der Waals surface area contributed by atoms with Gasteiger partial charge in [0, 0.05) is 17.5 Å². The molecule has 0 bridgehead atoms. The summed E-state index contributed by atoms with van der Waals surface area (Å²) in [5.41, 5.74) is 1.62. The Morgan fingerprint density at radius 3 is 2.57 bits per heavy atom. The highest BCUT2D eigenvalue weighted by Gasteiger charge is 2.20. The molecule has 152 valence electrons. The molecule has 0 aliphatic rings. The number of aryl methyl sites for hydroxylation is 1. The molecular formula is C23H20N2O4S. The van der Waals surface area contributed by atoms with E-state index in [4.69, 9.17) is 4.74 Å². The third-order valence-corrected chi connectivity index (χ3v) is 5.64. The molecule has 0 spiro atoms. The van der Waals surface area contributed by atoms with Gasteiger partial charge in [-0.25, -0.2) is 9.78 Å². The van der Waals surface area contributed by atoms with Crippen LogP contribution in [-0.2, 0) is 6.54 Å². The number of rotatable bonds is 7. The number of carboxylic acids is 1. The minimum Gasteiger partial charge on any atom is -0.494 e. The predicted octanol–water partition coefficient (Wildman–Crippen LogP) is 4.60. The number of nitrogens with zero attached hydrogens (tertiary/aromatic N) is 2. The molecule has 2 aromatic heterocycles. The molecule has 0 radical (unpaired) electrons. The Morgan fingerprint density at radius 1 is 1.13 bits per heavy atom. The molecule has 4 rings (SSSR count). The van der Waals surface area contributed by atoms with Gasteiger partial charge in [-0.15, -0.1) is 11.3 Å². The lowest BCUT2D eigenvalue weighted by atomic mass is 10.2. The lowest BCUT2D eigenvalue weighted by molar-refractivity contribution is 0.0699. The minimum absolute atomic E-state index is 0.00299. The molecule has 1 N–H and O–H groups in total. The summed E-state index contributed by atoms with van der Waals surface area (Å²) in [6.45, 7) is 2.81. The average Bonchev–Trinajstić information content (AvgIpc) is 3.19. The van der Waals surface area contributed by atoms with Crippen LogP contribution in [0.25, 0.3) is 21.6 Å². The van der Waals surface area contributed by atoms with Crippen LogP contribution < -0.4 is 10.3 Å². The number of ether oxygens (including phenoxy) is 1. The summed E-state index contributed by atoms with van der Waals surface area (Å²) in [5.74, 6) is 0.180. The summed E-state index contributed by atoms with van der Waals surface area (Å²) in [6, 6.07) is 17.2. The Balaban J connectivity index is 1.66. The zero-order chi connectivity index (χ0) is 21.1. The first-order valence-electron chi connectivity index (χ1n) is 9.55. The fourth-order valence-electron chi connectivity index (χ4n) is 3.24. The zero-order valence-corrected chi connectivity index (χ0v) is 17.2. The molecular weight excluding hydrogens is 400 g/mol. The van der Waals surface area contributed by atoms with E-state index >= 15 is 0 Å². The third kappa shape index (κ3) is 3.97. The Hall–Kier alpha value is -3.45. The van der Waals surface area contributed by atoms with Crippen molar-refractivity contribution in [1.82, 2.24) is 9.55 Å². The van der Waals surface area contributed by atoms with Crippen molar-refractivity contribution in [3.05, 3.63) is 81.5 Å². The van der Waals surface area contributed by atoms with Crippen molar-refractivity contribution in [2.75, 3.05) is 6.61 Å². The van der Waals surface area contributed by atoms with Crippen LogP contribution in [-0.4, -0.2) is 27.2 Å². The largest absolute Gasteiger partial charge is 0.494 e. The lowest BCUT2D eigenvalue weighted by Gasteiger charge is -2.13. The molecule has 0 fully saturated rings. The standard InChI is InChI=1S/C23H20N2O4S/c1-15-8-10-17(11-9-15)29-13-5-12-25-20(16-6-3-2-4-7-16)24-21-19(22(25)26)18(14-30-21)23(27)28/h2-4,6-11,14H,5,12-13H2,1H3,(H,27,28). The van der Waals surface area contributed by atoms with Crippen LogP contribution in [0.3, 0.4) is 0 Å². The van der Waals surface area contributed by atoms with Gasteiger partial charge in [0.25, 0.3) is 5.56 Å². The zero-order valence-electron chi connectivity index (χ0n) is 16.4. The van der Waals surface area contributed by atoms with E-state index in [2.05, 4.69) is 4.98 Å². The van der Waals surface area contributed by atoms with E-state index in [-0.39, 0.29) is 16.5 Å².